The first-order valence-corrected chi connectivity index (χ1v) is 11.3. The van der Waals surface area contributed by atoms with Crippen molar-refractivity contribution in [3.05, 3.63) is 108 Å². The number of hydrogen-bond acceptors (Lipinski definition) is 5. The lowest BCUT2D eigenvalue weighted by molar-refractivity contribution is 0.0734. The monoisotopic (exact) mass is 452 g/mol. The Balaban J connectivity index is 1.60. The van der Waals surface area contributed by atoms with Crippen molar-refractivity contribution in [3.63, 3.8) is 0 Å². The van der Waals surface area contributed by atoms with Crippen molar-refractivity contribution < 1.29 is 14.3 Å². The van der Waals surface area contributed by atoms with Crippen LogP contribution in [0.25, 0.3) is 0 Å². The van der Waals surface area contributed by atoms with Gasteiger partial charge >= 0.3 is 5.97 Å². The third-order valence-electron chi connectivity index (χ3n) is 5.31. The first-order chi connectivity index (χ1) is 16.2. The van der Waals surface area contributed by atoms with E-state index in [2.05, 4.69) is 5.32 Å². The van der Waals surface area contributed by atoms with Gasteiger partial charge in [-0.2, -0.15) is 0 Å². The van der Waals surface area contributed by atoms with E-state index in [0.29, 0.717) is 22.6 Å². The molecule has 162 valence electrons. The topological polar surface area (TPSA) is 58.6 Å². The van der Waals surface area contributed by atoms with E-state index in [1.807, 2.05) is 54.6 Å². The summed E-state index contributed by atoms with van der Waals surface area (Å²) in [6.45, 7) is 0. The number of nitrogens with one attached hydrogen (secondary N) is 1. The van der Waals surface area contributed by atoms with Gasteiger partial charge in [0.05, 0.1) is 22.6 Å². The predicted octanol–water partition coefficient (Wildman–Crippen LogP) is 6.39. The quantitative estimate of drug-likeness (QED) is 0.287. The van der Waals surface area contributed by atoms with Gasteiger partial charge in [-0.1, -0.05) is 60.3 Å². The number of anilines is 3. The zero-order valence-corrected chi connectivity index (χ0v) is 18.6. The summed E-state index contributed by atoms with van der Waals surface area (Å²) in [4.78, 5) is 29.8. The Morgan fingerprint density at radius 1 is 0.788 bits per heavy atom. The molecule has 0 radical (unpaired) electrons. The zero-order chi connectivity index (χ0) is 22.8. The summed E-state index contributed by atoms with van der Waals surface area (Å²) in [5.74, 6) is -0.155. The number of ether oxygens (including phenoxy) is 1. The number of hydrogen-bond donors (Lipinski definition) is 1. The van der Waals surface area contributed by atoms with Gasteiger partial charge in [0.1, 0.15) is 5.75 Å². The zero-order valence-electron chi connectivity index (χ0n) is 17.8. The molecule has 4 aromatic carbocycles. The molecule has 5 nitrogen and oxygen atoms in total. The molecule has 0 saturated carbocycles. The maximum absolute atomic E-state index is 13.6. The molecule has 0 saturated heterocycles. The summed E-state index contributed by atoms with van der Waals surface area (Å²) in [6, 6.07) is 29.4. The first-order valence-electron chi connectivity index (χ1n) is 10.4. The van der Waals surface area contributed by atoms with Crippen molar-refractivity contribution in [2.75, 3.05) is 17.3 Å². The summed E-state index contributed by atoms with van der Waals surface area (Å²) in [5, 5.41) is 3.18. The highest BCUT2D eigenvalue weighted by Crippen LogP contribution is 2.52. The van der Waals surface area contributed by atoms with Crippen molar-refractivity contribution in [2.24, 2.45) is 0 Å². The highest BCUT2D eigenvalue weighted by molar-refractivity contribution is 7.99. The number of para-hydroxylation sites is 1. The Bertz CT molecular complexity index is 1340. The van der Waals surface area contributed by atoms with Gasteiger partial charge in [0.15, 0.2) is 0 Å². The molecule has 0 fully saturated rings. The Kier molecular flexibility index (Phi) is 5.59. The van der Waals surface area contributed by atoms with Crippen molar-refractivity contribution in [1.29, 1.82) is 0 Å². The molecular weight excluding hydrogens is 432 g/mol. The molecule has 0 bridgehead atoms. The number of rotatable bonds is 4. The number of fused-ring (bicyclic) bond motifs is 2. The second kappa shape index (κ2) is 8.84. The smallest absolute Gasteiger partial charge is 0.343 e. The van der Waals surface area contributed by atoms with Crippen molar-refractivity contribution in [3.8, 4) is 5.75 Å². The van der Waals surface area contributed by atoms with Gasteiger partial charge in [0.2, 0.25) is 0 Å². The van der Waals surface area contributed by atoms with E-state index in [0.717, 1.165) is 21.2 Å². The molecule has 4 aromatic rings. The molecule has 0 aromatic heterocycles. The Morgan fingerprint density at radius 3 is 2.12 bits per heavy atom. The van der Waals surface area contributed by atoms with Crippen LogP contribution in [0, 0.1) is 0 Å². The van der Waals surface area contributed by atoms with Crippen molar-refractivity contribution in [1.82, 2.24) is 0 Å². The number of carbonyl (C=O) groups excluding carboxylic acids is 2. The summed E-state index contributed by atoms with van der Waals surface area (Å²) in [6.07, 6.45) is 0. The third-order valence-corrected chi connectivity index (χ3v) is 6.41. The predicted molar refractivity (Wildman–Crippen MR) is 131 cm³/mol. The van der Waals surface area contributed by atoms with Gasteiger partial charge in [-0.15, -0.1) is 0 Å². The number of amides is 1. The van der Waals surface area contributed by atoms with Gasteiger partial charge in [-0.3, -0.25) is 9.69 Å². The van der Waals surface area contributed by atoms with Gasteiger partial charge in [-0.25, -0.2) is 4.79 Å². The average molecular weight is 453 g/mol. The molecule has 5 rings (SSSR count). The Morgan fingerprint density at radius 2 is 1.42 bits per heavy atom. The van der Waals surface area contributed by atoms with Crippen molar-refractivity contribution in [2.45, 2.75) is 9.79 Å². The highest BCUT2D eigenvalue weighted by atomic mass is 32.2. The van der Waals surface area contributed by atoms with E-state index in [1.165, 1.54) is 0 Å². The van der Waals surface area contributed by atoms with E-state index in [4.69, 9.17) is 4.74 Å². The minimum atomic E-state index is -0.434. The summed E-state index contributed by atoms with van der Waals surface area (Å²) >= 11 is 1.54. The lowest BCUT2D eigenvalue weighted by Gasteiger charge is -2.33. The molecule has 33 heavy (non-hydrogen) atoms. The third kappa shape index (κ3) is 3.97. The lowest BCUT2D eigenvalue weighted by atomic mass is 10.1. The summed E-state index contributed by atoms with van der Waals surface area (Å²) in [5.41, 5.74) is 3.30. The second-order valence-electron chi connectivity index (χ2n) is 7.40. The van der Waals surface area contributed by atoms with Crippen LogP contribution < -0.4 is 15.0 Å². The van der Waals surface area contributed by atoms with Crippen LogP contribution in [0.15, 0.2) is 107 Å². The van der Waals surface area contributed by atoms with Crippen LogP contribution in [0.3, 0.4) is 0 Å². The van der Waals surface area contributed by atoms with E-state index in [1.54, 1.807) is 66.2 Å². The van der Waals surface area contributed by atoms with Crippen LogP contribution in [0.4, 0.5) is 17.1 Å². The summed E-state index contributed by atoms with van der Waals surface area (Å²) in [7, 11) is 1.79. The Labute approximate surface area is 196 Å². The van der Waals surface area contributed by atoms with Crippen molar-refractivity contribution >= 4 is 40.7 Å². The molecule has 0 spiro atoms. The van der Waals surface area contributed by atoms with Gasteiger partial charge in [0.25, 0.3) is 5.91 Å². The fourth-order valence-electron chi connectivity index (χ4n) is 3.77. The van der Waals surface area contributed by atoms with Gasteiger partial charge in [0, 0.05) is 28.5 Å². The molecule has 0 atom stereocenters. The lowest BCUT2D eigenvalue weighted by Crippen LogP contribution is -2.29. The molecule has 1 heterocycles. The largest absolute Gasteiger partial charge is 0.423 e. The minimum Gasteiger partial charge on any atom is -0.423 e. The standard InChI is InChI=1S/C27H20N2O3S/c1-28-21-16-20(32-27(31)19-12-6-3-7-13-19)17-24-25(21)29(22-14-8-9-15-23(22)33-24)26(30)18-10-4-2-5-11-18/h2-17,28H,1H3. The van der Waals surface area contributed by atoms with Crippen LogP contribution in [0.1, 0.15) is 20.7 Å². The van der Waals surface area contributed by atoms with Gasteiger partial charge in [-0.05, 0) is 42.5 Å². The maximum atomic E-state index is 13.6. The molecular formula is C27H20N2O3S. The number of carbonyl (C=O) groups is 2. The van der Waals surface area contributed by atoms with Crippen LogP contribution in [-0.4, -0.2) is 18.9 Å². The fraction of sp³-hybridized carbons (Fsp3) is 0.0370. The van der Waals surface area contributed by atoms with E-state index in [9.17, 15) is 9.59 Å². The summed E-state index contributed by atoms with van der Waals surface area (Å²) < 4.78 is 5.68. The fourth-order valence-corrected chi connectivity index (χ4v) is 4.89. The average Bonchev–Trinajstić information content (AvgIpc) is 2.87. The molecule has 0 unspecified atom stereocenters. The normalized spacial score (nSPS) is 11.8. The molecule has 1 aliphatic heterocycles. The molecule has 1 N–H and O–H groups in total. The maximum Gasteiger partial charge on any atom is 0.343 e. The van der Waals surface area contributed by atoms with Crippen LogP contribution in [0.2, 0.25) is 0 Å². The number of esters is 1. The molecule has 1 aliphatic rings. The van der Waals surface area contributed by atoms with E-state index >= 15 is 0 Å². The minimum absolute atomic E-state index is 0.130. The molecule has 6 heteroatoms. The molecule has 0 aliphatic carbocycles. The Hall–Kier alpha value is -4.03. The van der Waals surface area contributed by atoms with E-state index in [-0.39, 0.29) is 5.91 Å². The first kappa shape index (κ1) is 20.8. The van der Waals surface area contributed by atoms with Crippen LogP contribution in [0.5, 0.6) is 5.75 Å². The van der Waals surface area contributed by atoms with Crippen LogP contribution >= 0.6 is 11.8 Å². The highest BCUT2D eigenvalue weighted by Gasteiger charge is 2.32. The van der Waals surface area contributed by atoms with Gasteiger partial charge < -0.3 is 10.1 Å². The number of nitrogens with zero attached hydrogens (tertiary/aromatic N) is 1. The van der Waals surface area contributed by atoms with Crippen LogP contribution in [-0.2, 0) is 0 Å². The SMILES string of the molecule is CNc1cc(OC(=O)c2ccccc2)cc2c1N(C(=O)c1ccccc1)c1ccccc1S2. The number of benzene rings is 4. The second-order valence-corrected chi connectivity index (χ2v) is 8.48. The van der Waals surface area contributed by atoms with E-state index < -0.39 is 5.97 Å². The molecule has 1 amide bonds.